The summed E-state index contributed by atoms with van der Waals surface area (Å²) >= 11 is 1.43. The number of carbonyl (C=O) groups is 1. The summed E-state index contributed by atoms with van der Waals surface area (Å²) in [5, 5.41) is 0.727. The molecule has 0 aromatic heterocycles. The molecule has 0 spiro atoms. The maximum absolute atomic E-state index is 13.3. The van der Waals surface area contributed by atoms with Crippen molar-refractivity contribution in [1.29, 1.82) is 0 Å². The molecule has 0 radical (unpaired) electrons. The van der Waals surface area contributed by atoms with Gasteiger partial charge in [-0.1, -0.05) is 56.7 Å². The zero-order valence-electron chi connectivity index (χ0n) is 18.4. The van der Waals surface area contributed by atoms with Gasteiger partial charge in [0.25, 0.3) is 5.91 Å². The topological polar surface area (TPSA) is 41.9 Å². The number of para-hydroxylation sites is 1. The summed E-state index contributed by atoms with van der Waals surface area (Å²) in [6.07, 6.45) is 2.79. The molecule has 1 aliphatic heterocycles. The zero-order valence-corrected chi connectivity index (χ0v) is 19.2. The van der Waals surface area contributed by atoms with Gasteiger partial charge in [-0.25, -0.2) is 4.99 Å². The Kier molecular flexibility index (Phi) is 7.38. The Morgan fingerprint density at radius 2 is 1.80 bits per heavy atom. The third-order valence-corrected chi connectivity index (χ3v) is 5.89. The molecule has 3 rings (SSSR count). The van der Waals surface area contributed by atoms with Crippen LogP contribution in [0.2, 0.25) is 0 Å². The fraction of sp³-hybridized carbons (Fsp3) is 0.360. The third kappa shape index (κ3) is 5.33. The molecule has 2 aromatic carbocycles. The van der Waals surface area contributed by atoms with Gasteiger partial charge in [0, 0.05) is 11.6 Å². The molecule has 2 aromatic rings. The molecule has 0 N–H and O–H groups in total. The van der Waals surface area contributed by atoms with Gasteiger partial charge >= 0.3 is 0 Å². The number of rotatable bonds is 7. The van der Waals surface area contributed by atoms with E-state index in [2.05, 4.69) is 34.6 Å². The van der Waals surface area contributed by atoms with Gasteiger partial charge in [-0.05, 0) is 62.2 Å². The minimum atomic E-state index is -0.00104. The van der Waals surface area contributed by atoms with Crippen LogP contribution in [-0.2, 0) is 4.79 Å². The van der Waals surface area contributed by atoms with Gasteiger partial charge in [0.2, 0.25) is 0 Å². The van der Waals surface area contributed by atoms with Gasteiger partial charge in [-0.3, -0.25) is 9.69 Å². The highest BCUT2D eigenvalue weighted by Crippen LogP contribution is 2.37. The molecule has 5 heteroatoms. The number of amidine groups is 1. The molecule has 0 aliphatic carbocycles. The number of ether oxygens (including phenoxy) is 1. The van der Waals surface area contributed by atoms with E-state index in [1.54, 1.807) is 0 Å². The van der Waals surface area contributed by atoms with E-state index in [4.69, 9.17) is 9.73 Å². The van der Waals surface area contributed by atoms with Crippen molar-refractivity contribution < 1.29 is 9.53 Å². The van der Waals surface area contributed by atoms with E-state index < -0.39 is 0 Å². The van der Waals surface area contributed by atoms with Crippen molar-refractivity contribution in [3.8, 4) is 5.75 Å². The first-order valence-electron chi connectivity index (χ1n) is 10.5. The second-order valence-corrected chi connectivity index (χ2v) is 9.02. The molecule has 1 atom stereocenters. The number of benzene rings is 2. The van der Waals surface area contributed by atoms with Crippen LogP contribution in [0.25, 0.3) is 6.08 Å². The smallest absolute Gasteiger partial charge is 0.267 e. The summed E-state index contributed by atoms with van der Waals surface area (Å²) in [7, 11) is 0. The van der Waals surface area contributed by atoms with Crippen LogP contribution in [0.5, 0.6) is 5.75 Å². The molecular formula is C25H30N2O2S. The highest BCUT2D eigenvalue weighted by Gasteiger charge is 2.36. The van der Waals surface area contributed by atoms with Crippen LogP contribution >= 0.6 is 11.8 Å². The number of aliphatic imine (C=N–C) groups is 1. The van der Waals surface area contributed by atoms with Crippen LogP contribution < -0.4 is 4.74 Å². The standard InChI is InChI=1S/C25H30N2O2S/c1-6-19(5)27-24(28)23(30-25(27)26-21-13-11-18(4)12-14-21)15-20-9-7-8-10-22(20)29-16-17(2)3/h7-15,17,19H,6,16H2,1-5H3/b23-15+,26-25?/t19-/m1/s1. The number of hydrogen-bond donors (Lipinski definition) is 0. The van der Waals surface area contributed by atoms with Crippen LogP contribution in [0.1, 0.15) is 45.2 Å². The van der Waals surface area contributed by atoms with E-state index in [0.717, 1.165) is 28.6 Å². The number of thioether (sulfide) groups is 1. The number of hydrogen-bond acceptors (Lipinski definition) is 4. The first-order valence-corrected chi connectivity index (χ1v) is 11.3. The number of amides is 1. The minimum Gasteiger partial charge on any atom is -0.493 e. The minimum absolute atomic E-state index is 0.00104. The summed E-state index contributed by atoms with van der Waals surface area (Å²) in [6.45, 7) is 11.1. The molecular weight excluding hydrogens is 392 g/mol. The second kappa shape index (κ2) is 9.98. The average molecular weight is 423 g/mol. The molecule has 1 fully saturated rings. The van der Waals surface area contributed by atoms with Gasteiger partial charge in [-0.2, -0.15) is 0 Å². The number of carbonyl (C=O) groups excluding carboxylic acids is 1. The third-order valence-electron chi connectivity index (χ3n) is 4.90. The fourth-order valence-electron chi connectivity index (χ4n) is 2.99. The van der Waals surface area contributed by atoms with E-state index in [1.165, 1.54) is 17.3 Å². The van der Waals surface area contributed by atoms with Crippen LogP contribution in [-0.4, -0.2) is 28.6 Å². The molecule has 30 heavy (non-hydrogen) atoms. The lowest BCUT2D eigenvalue weighted by atomic mass is 10.1. The summed E-state index contributed by atoms with van der Waals surface area (Å²) < 4.78 is 5.96. The maximum atomic E-state index is 13.3. The molecule has 158 valence electrons. The van der Waals surface area contributed by atoms with Gasteiger partial charge in [0.05, 0.1) is 17.2 Å². The lowest BCUT2D eigenvalue weighted by Crippen LogP contribution is -2.36. The van der Waals surface area contributed by atoms with Crippen LogP contribution in [0.4, 0.5) is 5.69 Å². The van der Waals surface area contributed by atoms with Crippen molar-refractivity contribution in [3.63, 3.8) is 0 Å². The zero-order chi connectivity index (χ0) is 21.7. The molecule has 1 aliphatic rings. The molecule has 0 saturated carbocycles. The Balaban J connectivity index is 1.95. The Morgan fingerprint density at radius 3 is 2.47 bits per heavy atom. The Labute approximate surface area is 184 Å². The van der Waals surface area contributed by atoms with Crippen LogP contribution in [0.3, 0.4) is 0 Å². The predicted octanol–water partition coefficient (Wildman–Crippen LogP) is 6.43. The van der Waals surface area contributed by atoms with Crippen LogP contribution in [0, 0.1) is 12.8 Å². The molecule has 1 heterocycles. The Morgan fingerprint density at radius 1 is 1.10 bits per heavy atom. The summed E-state index contributed by atoms with van der Waals surface area (Å²) in [5.41, 5.74) is 2.95. The molecule has 1 saturated heterocycles. The highest BCUT2D eigenvalue weighted by atomic mass is 32.2. The average Bonchev–Trinajstić information content (AvgIpc) is 3.03. The first-order chi connectivity index (χ1) is 14.4. The van der Waals surface area contributed by atoms with E-state index in [9.17, 15) is 4.79 Å². The molecule has 4 nitrogen and oxygen atoms in total. The summed E-state index contributed by atoms with van der Waals surface area (Å²) in [6, 6.07) is 16.0. The van der Waals surface area contributed by atoms with Gasteiger partial charge in [0.1, 0.15) is 5.75 Å². The number of nitrogens with zero attached hydrogens (tertiary/aromatic N) is 2. The Bertz CT molecular complexity index is 948. The normalized spacial score (nSPS) is 17.9. The van der Waals surface area contributed by atoms with Crippen LogP contribution in [0.15, 0.2) is 58.4 Å². The molecule has 1 amide bonds. The van der Waals surface area contributed by atoms with Gasteiger partial charge in [0.15, 0.2) is 5.17 Å². The summed E-state index contributed by atoms with van der Waals surface area (Å²) in [4.78, 5) is 20.5. The lowest BCUT2D eigenvalue weighted by Gasteiger charge is -2.22. The first kappa shape index (κ1) is 22.2. The van der Waals surface area contributed by atoms with E-state index in [1.807, 2.05) is 59.5 Å². The van der Waals surface area contributed by atoms with Crippen molar-refractivity contribution in [2.75, 3.05) is 6.61 Å². The largest absolute Gasteiger partial charge is 0.493 e. The number of aryl methyl sites for hydroxylation is 1. The van der Waals surface area contributed by atoms with Gasteiger partial charge < -0.3 is 4.74 Å². The summed E-state index contributed by atoms with van der Waals surface area (Å²) in [5.74, 6) is 1.23. The van der Waals surface area contributed by atoms with Crippen molar-refractivity contribution in [3.05, 3.63) is 64.6 Å². The predicted molar refractivity (Wildman–Crippen MR) is 127 cm³/mol. The monoisotopic (exact) mass is 422 g/mol. The second-order valence-electron chi connectivity index (χ2n) is 8.02. The lowest BCUT2D eigenvalue weighted by molar-refractivity contribution is -0.123. The highest BCUT2D eigenvalue weighted by molar-refractivity contribution is 8.18. The van der Waals surface area contributed by atoms with E-state index in [-0.39, 0.29) is 11.9 Å². The van der Waals surface area contributed by atoms with Gasteiger partial charge in [-0.15, -0.1) is 0 Å². The van der Waals surface area contributed by atoms with E-state index >= 15 is 0 Å². The maximum Gasteiger partial charge on any atom is 0.267 e. The van der Waals surface area contributed by atoms with Crippen molar-refractivity contribution in [2.24, 2.45) is 10.9 Å². The van der Waals surface area contributed by atoms with Crippen molar-refractivity contribution in [1.82, 2.24) is 4.90 Å². The molecule has 0 bridgehead atoms. The van der Waals surface area contributed by atoms with Crippen molar-refractivity contribution in [2.45, 2.75) is 47.1 Å². The molecule has 0 unspecified atom stereocenters. The fourth-order valence-corrected chi connectivity index (χ4v) is 4.08. The van der Waals surface area contributed by atoms with E-state index in [0.29, 0.717) is 17.4 Å². The van der Waals surface area contributed by atoms with Crippen molar-refractivity contribution >= 4 is 34.6 Å². The quantitative estimate of drug-likeness (QED) is 0.483. The Hall–Kier alpha value is -2.53. The SMILES string of the molecule is CC[C@@H](C)N1C(=O)/C(=C\c2ccccc2OCC(C)C)SC1=Nc1ccc(C)cc1.